The molecule has 0 heterocycles. The van der Waals surface area contributed by atoms with Gasteiger partial charge in [-0.2, -0.15) is 0 Å². The van der Waals surface area contributed by atoms with Crippen molar-refractivity contribution in [1.82, 2.24) is 0 Å². The molecule has 3 heteroatoms. The fourth-order valence-corrected chi connectivity index (χ4v) is 2.30. The molecule has 1 aliphatic carbocycles. The van der Waals surface area contributed by atoms with E-state index in [1.165, 1.54) is 23.3 Å². The molecule has 0 bridgehead atoms. The van der Waals surface area contributed by atoms with Crippen molar-refractivity contribution in [3.63, 3.8) is 0 Å². The van der Waals surface area contributed by atoms with E-state index in [1.807, 2.05) is 6.07 Å². The Hall–Kier alpha value is -2.03. The molecule has 92 valence electrons. The van der Waals surface area contributed by atoms with Crippen LogP contribution in [-0.4, -0.2) is 5.11 Å². The summed E-state index contributed by atoms with van der Waals surface area (Å²) in [6, 6.07) is 9.39. The molecule has 1 N–H and O–H groups in total. The van der Waals surface area contributed by atoms with Crippen LogP contribution in [0.1, 0.15) is 17.5 Å². The van der Waals surface area contributed by atoms with Crippen molar-refractivity contribution in [1.29, 1.82) is 0 Å². The van der Waals surface area contributed by atoms with Gasteiger partial charge in [0.05, 0.1) is 0 Å². The minimum absolute atomic E-state index is 0.139. The molecular formula is C15H13FO2. The SMILES string of the molecule is Oc1cc2c(cc1Oc1ccc(F)cc1)CCC2. The lowest BCUT2D eigenvalue weighted by Gasteiger charge is -2.10. The van der Waals surface area contributed by atoms with Crippen molar-refractivity contribution in [3.05, 3.63) is 53.3 Å². The number of fused-ring (bicyclic) bond motifs is 1. The lowest BCUT2D eigenvalue weighted by Crippen LogP contribution is -1.89. The smallest absolute Gasteiger partial charge is 0.169 e. The van der Waals surface area contributed by atoms with Crippen molar-refractivity contribution in [2.45, 2.75) is 19.3 Å². The molecule has 1 aliphatic rings. The largest absolute Gasteiger partial charge is 0.504 e. The first kappa shape index (κ1) is 11.1. The highest BCUT2D eigenvalue weighted by molar-refractivity contribution is 5.49. The molecule has 2 nitrogen and oxygen atoms in total. The third kappa shape index (κ3) is 2.04. The molecule has 18 heavy (non-hydrogen) atoms. The average molecular weight is 244 g/mol. The Morgan fingerprint density at radius 1 is 1.00 bits per heavy atom. The van der Waals surface area contributed by atoms with E-state index in [9.17, 15) is 9.50 Å². The van der Waals surface area contributed by atoms with Crippen molar-refractivity contribution in [2.75, 3.05) is 0 Å². The highest BCUT2D eigenvalue weighted by atomic mass is 19.1. The summed E-state index contributed by atoms with van der Waals surface area (Å²) in [6.45, 7) is 0. The summed E-state index contributed by atoms with van der Waals surface area (Å²) in [5, 5.41) is 9.89. The number of hydrogen-bond acceptors (Lipinski definition) is 2. The quantitative estimate of drug-likeness (QED) is 0.870. The molecule has 0 amide bonds. The fraction of sp³-hybridized carbons (Fsp3) is 0.200. The van der Waals surface area contributed by atoms with Gasteiger partial charge in [0.15, 0.2) is 11.5 Å². The number of phenolic OH excluding ortho intramolecular Hbond substituents is 1. The Balaban J connectivity index is 1.90. The van der Waals surface area contributed by atoms with E-state index < -0.39 is 0 Å². The van der Waals surface area contributed by atoms with Crippen LogP contribution in [0.15, 0.2) is 36.4 Å². The van der Waals surface area contributed by atoms with E-state index in [0.717, 1.165) is 19.3 Å². The second-order valence-electron chi connectivity index (χ2n) is 4.50. The second-order valence-corrected chi connectivity index (χ2v) is 4.50. The Labute approximate surface area is 105 Å². The molecule has 0 aromatic heterocycles. The van der Waals surface area contributed by atoms with Crippen molar-refractivity contribution < 1.29 is 14.2 Å². The zero-order valence-electron chi connectivity index (χ0n) is 9.82. The van der Waals surface area contributed by atoms with Gasteiger partial charge in [0.1, 0.15) is 11.6 Å². The predicted molar refractivity (Wildman–Crippen MR) is 66.6 cm³/mol. The number of halogens is 1. The van der Waals surface area contributed by atoms with Gasteiger partial charge in [0.25, 0.3) is 0 Å². The zero-order valence-corrected chi connectivity index (χ0v) is 9.82. The van der Waals surface area contributed by atoms with Crippen LogP contribution in [0, 0.1) is 5.82 Å². The van der Waals surface area contributed by atoms with Gasteiger partial charge in [-0.3, -0.25) is 0 Å². The minimum Gasteiger partial charge on any atom is -0.504 e. The summed E-state index contributed by atoms with van der Waals surface area (Å²) >= 11 is 0. The predicted octanol–water partition coefficient (Wildman–Crippen LogP) is 3.81. The summed E-state index contributed by atoms with van der Waals surface area (Å²) in [6.07, 6.45) is 3.16. The standard InChI is InChI=1S/C15H13FO2/c16-12-4-6-13(7-5-12)18-15-9-11-3-1-2-10(11)8-14(15)17/h4-9,17H,1-3H2. The fourth-order valence-electron chi connectivity index (χ4n) is 2.30. The maximum atomic E-state index is 12.8. The van der Waals surface area contributed by atoms with E-state index in [0.29, 0.717) is 11.5 Å². The molecule has 0 radical (unpaired) electrons. The first-order valence-corrected chi connectivity index (χ1v) is 6.00. The van der Waals surface area contributed by atoms with Crippen molar-refractivity contribution in [3.8, 4) is 17.2 Å². The van der Waals surface area contributed by atoms with Gasteiger partial charge in [0, 0.05) is 0 Å². The summed E-state index contributed by atoms with van der Waals surface area (Å²) in [4.78, 5) is 0. The minimum atomic E-state index is -0.305. The van der Waals surface area contributed by atoms with Crippen LogP contribution in [-0.2, 0) is 12.8 Å². The zero-order chi connectivity index (χ0) is 12.5. The number of aryl methyl sites for hydroxylation is 2. The summed E-state index contributed by atoms with van der Waals surface area (Å²) in [5.74, 6) is 0.785. The van der Waals surface area contributed by atoms with Crippen LogP contribution >= 0.6 is 0 Å². The normalized spacial score (nSPS) is 13.4. The first-order chi connectivity index (χ1) is 8.72. The van der Waals surface area contributed by atoms with Gasteiger partial charge in [-0.05, 0) is 66.8 Å². The number of ether oxygens (including phenoxy) is 1. The van der Waals surface area contributed by atoms with E-state index in [-0.39, 0.29) is 11.6 Å². The maximum Gasteiger partial charge on any atom is 0.169 e. The number of benzene rings is 2. The van der Waals surface area contributed by atoms with Gasteiger partial charge < -0.3 is 9.84 Å². The van der Waals surface area contributed by atoms with Crippen molar-refractivity contribution >= 4 is 0 Å². The third-order valence-corrected chi connectivity index (χ3v) is 3.21. The molecule has 2 aromatic carbocycles. The summed E-state index contributed by atoms with van der Waals surface area (Å²) < 4.78 is 18.4. The van der Waals surface area contributed by atoms with Crippen molar-refractivity contribution in [2.24, 2.45) is 0 Å². The molecule has 0 fully saturated rings. The Morgan fingerprint density at radius 3 is 2.39 bits per heavy atom. The summed E-state index contributed by atoms with van der Waals surface area (Å²) in [7, 11) is 0. The Bertz CT molecular complexity index is 576. The molecule has 2 aromatic rings. The monoisotopic (exact) mass is 244 g/mol. The molecule has 0 unspecified atom stereocenters. The highest BCUT2D eigenvalue weighted by Gasteiger charge is 2.15. The van der Waals surface area contributed by atoms with Gasteiger partial charge in [-0.25, -0.2) is 4.39 Å². The van der Waals surface area contributed by atoms with Crippen LogP contribution in [0.25, 0.3) is 0 Å². The van der Waals surface area contributed by atoms with Gasteiger partial charge in [-0.15, -0.1) is 0 Å². The highest BCUT2D eigenvalue weighted by Crippen LogP contribution is 2.36. The van der Waals surface area contributed by atoms with E-state index in [4.69, 9.17) is 4.74 Å². The topological polar surface area (TPSA) is 29.5 Å². The number of phenols is 1. The third-order valence-electron chi connectivity index (χ3n) is 3.21. The Kier molecular flexibility index (Phi) is 2.67. The van der Waals surface area contributed by atoms with Crippen LogP contribution in [0.5, 0.6) is 17.2 Å². The van der Waals surface area contributed by atoms with Gasteiger partial charge in [0.2, 0.25) is 0 Å². The van der Waals surface area contributed by atoms with Crippen LogP contribution in [0.4, 0.5) is 4.39 Å². The Morgan fingerprint density at radius 2 is 1.67 bits per heavy atom. The van der Waals surface area contributed by atoms with Gasteiger partial charge in [-0.1, -0.05) is 0 Å². The summed E-state index contributed by atoms with van der Waals surface area (Å²) in [5.41, 5.74) is 2.42. The van der Waals surface area contributed by atoms with E-state index in [2.05, 4.69) is 0 Å². The van der Waals surface area contributed by atoms with Crippen LogP contribution < -0.4 is 4.74 Å². The average Bonchev–Trinajstić information content (AvgIpc) is 2.79. The number of aromatic hydroxyl groups is 1. The molecular weight excluding hydrogens is 231 g/mol. The van der Waals surface area contributed by atoms with Crippen LogP contribution in [0.3, 0.4) is 0 Å². The lowest BCUT2D eigenvalue weighted by molar-refractivity contribution is 0.410. The molecule has 0 spiro atoms. The molecule has 0 saturated heterocycles. The molecule has 0 saturated carbocycles. The second kappa shape index (κ2) is 4.33. The molecule has 0 aliphatic heterocycles. The van der Waals surface area contributed by atoms with Gasteiger partial charge >= 0.3 is 0 Å². The maximum absolute atomic E-state index is 12.8. The number of rotatable bonds is 2. The molecule has 3 rings (SSSR count). The van der Waals surface area contributed by atoms with E-state index >= 15 is 0 Å². The van der Waals surface area contributed by atoms with E-state index in [1.54, 1.807) is 18.2 Å². The van der Waals surface area contributed by atoms with Crippen LogP contribution in [0.2, 0.25) is 0 Å². The first-order valence-electron chi connectivity index (χ1n) is 6.00. The number of hydrogen-bond donors (Lipinski definition) is 1. The lowest BCUT2D eigenvalue weighted by atomic mass is 10.1. The molecule has 0 atom stereocenters.